The first-order valence-electron chi connectivity index (χ1n) is 8.10. The third kappa shape index (κ3) is 3.84. The van der Waals surface area contributed by atoms with Crippen LogP contribution >= 0.6 is 12.2 Å². The maximum absolute atomic E-state index is 12.6. The van der Waals surface area contributed by atoms with Crippen molar-refractivity contribution < 1.29 is 13.9 Å². The number of ether oxygens (including phenoxy) is 1. The molecule has 0 bridgehead atoms. The lowest BCUT2D eigenvalue weighted by Crippen LogP contribution is -2.44. The average molecular weight is 347 g/mol. The molecule has 1 aromatic heterocycles. The highest BCUT2D eigenvalue weighted by Gasteiger charge is 2.29. The van der Waals surface area contributed by atoms with Crippen molar-refractivity contribution in [3.05, 3.63) is 40.6 Å². The first kappa shape index (κ1) is 16.7. The lowest BCUT2D eigenvalue weighted by atomic mass is 9.96. The monoisotopic (exact) mass is 347 g/mol. The van der Waals surface area contributed by atoms with E-state index in [9.17, 15) is 4.79 Å². The smallest absolute Gasteiger partial charge is 0.284 e. The summed E-state index contributed by atoms with van der Waals surface area (Å²) in [6.45, 7) is 5.14. The Morgan fingerprint density at radius 3 is 2.62 bits per heavy atom. The summed E-state index contributed by atoms with van der Waals surface area (Å²) in [5.41, 5.74) is 1.16. The van der Waals surface area contributed by atoms with Crippen LogP contribution < -0.4 is 4.74 Å². The van der Waals surface area contributed by atoms with E-state index in [4.69, 9.17) is 21.4 Å². The van der Waals surface area contributed by atoms with Crippen LogP contribution in [0, 0.1) is 11.8 Å². The van der Waals surface area contributed by atoms with E-state index in [-0.39, 0.29) is 11.8 Å². The van der Waals surface area contributed by atoms with Crippen molar-refractivity contribution in [2.45, 2.75) is 38.7 Å². The van der Waals surface area contributed by atoms with E-state index in [1.807, 2.05) is 36.1 Å². The third-order valence-corrected chi connectivity index (χ3v) is 4.47. The first-order chi connectivity index (χ1) is 11.5. The minimum Gasteiger partial charge on any atom is -0.481 e. The van der Waals surface area contributed by atoms with Gasteiger partial charge in [-0.25, -0.2) is 5.10 Å². The van der Waals surface area contributed by atoms with Crippen LogP contribution in [0.2, 0.25) is 0 Å². The Morgan fingerprint density at radius 2 is 2.04 bits per heavy atom. The van der Waals surface area contributed by atoms with Gasteiger partial charge in [0, 0.05) is 19.0 Å². The Kier molecular flexibility index (Phi) is 4.99. The predicted octanol–water partition coefficient (Wildman–Crippen LogP) is 3.21. The molecule has 2 aromatic rings. The summed E-state index contributed by atoms with van der Waals surface area (Å²) in [5.74, 6) is 1.56. The van der Waals surface area contributed by atoms with Gasteiger partial charge >= 0.3 is 0 Å². The number of hydrogen-bond donors (Lipinski definition) is 1. The number of aromatic amines is 1. The maximum atomic E-state index is 12.6. The van der Waals surface area contributed by atoms with Crippen LogP contribution in [0.1, 0.15) is 37.1 Å². The molecule has 2 heterocycles. The van der Waals surface area contributed by atoms with Gasteiger partial charge in [-0.05, 0) is 51.0 Å². The Bertz CT molecular complexity index is 745. The van der Waals surface area contributed by atoms with E-state index >= 15 is 0 Å². The van der Waals surface area contributed by atoms with Gasteiger partial charge in [0.2, 0.25) is 5.89 Å². The summed E-state index contributed by atoms with van der Waals surface area (Å²) in [7, 11) is 0. The van der Waals surface area contributed by atoms with Crippen molar-refractivity contribution in [2.75, 3.05) is 13.1 Å². The molecule has 1 atom stereocenters. The number of nitrogens with zero attached hydrogens (tertiary/aromatic N) is 2. The number of hydrogen-bond acceptors (Lipinski definition) is 5. The molecular weight excluding hydrogens is 326 g/mol. The molecule has 1 saturated heterocycles. The van der Waals surface area contributed by atoms with Gasteiger partial charge in [0.05, 0.1) is 0 Å². The molecule has 7 heteroatoms. The number of nitrogens with one attached hydrogen (secondary N) is 1. The molecule has 0 spiro atoms. The Labute approximate surface area is 145 Å². The van der Waals surface area contributed by atoms with Gasteiger partial charge in [-0.3, -0.25) is 4.79 Å². The van der Waals surface area contributed by atoms with E-state index in [0.717, 1.165) is 18.4 Å². The highest BCUT2D eigenvalue weighted by molar-refractivity contribution is 7.71. The molecule has 0 saturated carbocycles. The number of benzene rings is 1. The highest BCUT2D eigenvalue weighted by Crippen LogP contribution is 2.27. The lowest BCUT2D eigenvalue weighted by molar-refractivity contribution is -0.139. The highest BCUT2D eigenvalue weighted by atomic mass is 32.1. The van der Waals surface area contributed by atoms with Crippen molar-refractivity contribution in [1.29, 1.82) is 0 Å². The van der Waals surface area contributed by atoms with Crippen molar-refractivity contribution in [3.63, 3.8) is 0 Å². The lowest BCUT2D eigenvalue weighted by Gasteiger charge is -2.32. The number of amides is 1. The minimum absolute atomic E-state index is 0.0111. The average Bonchev–Trinajstić information content (AvgIpc) is 3.03. The van der Waals surface area contributed by atoms with Crippen LogP contribution in [-0.4, -0.2) is 40.2 Å². The fourth-order valence-electron chi connectivity index (χ4n) is 2.89. The molecule has 0 aliphatic carbocycles. The quantitative estimate of drug-likeness (QED) is 0.860. The van der Waals surface area contributed by atoms with E-state index in [2.05, 4.69) is 10.2 Å². The third-order valence-electron chi connectivity index (χ3n) is 4.29. The number of carbonyl (C=O) groups is 1. The van der Waals surface area contributed by atoms with Crippen molar-refractivity contribution >= 4 is 18.1 Å². The summed E-state index contributed by atoms with van der Waals surface area (Å²) in [6, 6.07) is 7.71. The van der Waals surface area contributed by atoms with Crippen LogP contribution in [0.25, 0.3) is 0 Å². The molecule has 1 aliphatic rings. The standard InChI is InChI=1S/C17H21N3O3S/c1-11-3-5-14(6-4-11)22-12(2)16(21)20-9-7-13(8-10-20)15-18-19-17(24)23-15/h3-6,12-13H,7-10H2,1-2H3,(H,19,24)/t12-/m0/s1. The molecule has 3 rings (SSSR count). The molecule has 1 aromatic carbocycles. The van der Waals surface area contributed by atoms with E-state index in [1.54, 1.807) is 6.92 Å². The van der Waals surface area contributed by atoms with Gasteiger partial charge in [0.25, 0.3) is 10.7 Å². The normalized spacial score (nSPS) is 16.8. The van der Waals surface area contributed by atoms with Crippen LogP contribution in [0.4, 0.5) is 0 Å². The summed E-state index contributed by atoms with van der Waals surface area (Å²) in [6.07, 6.45) is 1.12. The fourth-order valence-corrected chi connectivity index (χ4v) is 3.02. The van der Waals surface area contributed by atoms with Crippen LogP contribution in [-0.2, 0) is 4.79 Å². The van der Waals surface area contributed by atoms with Crippen LogP contribution in [0.15, 0.2) is 28.7 Å². The summed E-state index contributed by atoms with van der Waals surface area (Å²) in [5, 5.41) is 6.73. The van der Waals surface area contributed by atoms with Gasteiger partial charge in [-0.2, -0.15) is 0 Å². The number of rotatable bonds is 4. The first-order valence-corrected chi connectivity index (χ1v) is 8.51. The molecule has 1 aliphatic heterocycles. The molecule has 6 nitrogen and oxygen atoms in total. The van der Waals surface area contributed by atoms with Gasteiger partial charge in [0.15, 0.2) is 6.10 Å². The number of piperidine rings is 1. The second-order valence-corrected chi connectivity index (χ2v) is 6.49. The molecular formula is C17H21N3O3S. The fraction of sp³-hybridized carbons (Fsp3) is 0.471. The number of carbonyl (C=O) groups excluding carboxylic acids is 1. The predicted molar refractivity (Wildman–Crippen MR) is 91.5 cm³/mol. The second-order valence-electron chi connectivity index (χ2n) is 6.12. The van der Waals surface area contributed by atoms with Crippen molar-refractivity contribution in [1.82, 2.24) is 15.1 Å². The largest absolute Gasteiger partial charge is 0.481 e. The van der Waals surface area contributed by atoms with Gasteiger partial charge in [-0.15, -0.1) is 5.10 Å². The van der Waals surface area contributed by atoms with Crippen molar-refractivity contribution in [3.8, 4) is 5.75 Å². The molecule has 0 unspecified atom stereocenters. The Morgan fingerprint density at radius 1 is 1.38 bits per heavy atom. The number of H-pyrrole nitrogens is 1. The van der Waals surface area contributed by atoms with Gasteiger partial charge in [0.1, 0.15) is 5.75 Å². The zero-order valence-corrected chi connectivity index (χ0v) is 14.6. The van der Waals surface area contributed by atoms with Crippen LogP contribution in [0.5, 0.6) is 5.75 Å². The zero-order valence-electron chi connectivity index (χ0n) is 13.8. The zero-order chi connectivity index (χ0) is 17.1. The molecule has 1 N–H and O–H groups in total. The van der Waals surface area contributed by atoms with E-state index < -0.39 is 6.10 Å². The molecule has 0 radical (unpaired) electrons. The minimum atomic E-state index is -0.501. The molecule has 128 valence electrons. The SMILES string of the molecule is Cc1ccc(O[C@@H](C)C(=O)N2CCC(c3n[nH]c(=S)o3)CC2)cc1. The second kappa shape index (κ2) is 7.17. The number of likely N-dealkylation sites (tertiary alicyclic amines) is 1. The van der Waals surface area contributed by atoms with E-state index in [1.165, 1.54) is 0 Å². The summed E-state index contributed by atoms with van der Waals surface area (Å²) in [4.78, 5) is 14.7. The Balaban J connectivity index is 1.54. The van der Waals surface area contributed by atoms with E-state index in [0.29, 0.717) is 29.6 Å². The molecule has 1 amide bonds. The van der Waals surface area contributed by atoms with Crippen molar-refractivity contribution in [2.24, 2.45) is 0 Å². The topological polar surface area (TPSA) is 71.4 Å². The van der Waals surface area contributed by atoms with Crippen LogP contribution in [0.3, 0.4) is 0 Å². The molecule has 1 fully saturated rings. The summed E-state index contributed by atoms with van der Waals surface area (Å²) < 4.78 is 11.1. The number of aryl methyl sites for hydroxylation is 1. The maximum Gasteiger partial charge on any atom is 0.284 e. The molecule has 24 heavy (non-hydrogen) atoms. The van der Waals surface area contributed by atoms with Gasteiger partial charge in [-0.1, -0.05) is 17.7 Å². The van der Waals surface area contributed by atoms with Gasteiger partial charge < -0.3 is 14.1 Å². The summed E-state index contributed by atoms with van der Waals surface area (Å²) >= 11 is 4.91. The Hall–Kier alpha value is -2.15. The number of aromatic nitrogens is 2.